The number of nitrogens with zero attached hydrogens (tertiary/aromatic N) is 1. The van der Waals surface area contributed by atoms with Crippen LogP contribution >= 0.6 is 0 Å². The fourth-order valence-corrected chi connectivity index (χ4v) is 1.96. The summed E-state index contributed by atoms with van der Waals surface area (Å²) in [6.45, 7) is 0.683. The number of pyridine rings is 1. The minimum Gasteiger partial charge on any atom is -0.396 e. The Morgan fingerprint density at radius 2 is 1.84 bits per heavy atom. The number of aliphatic hydroxyl groups is 1. The SMILES string of the molecule is OCCCC(OCc1ccccn1)c1ccccc1. The Labute approximate surface area is 113 Å². The van der Waals surface area contributed by atoms with Gasteiger partial charge in [0, 0.05) is 12.8 Å². The molecular weight excluding hydrogens is 238 g/mol. The summed E-state index contributed by atoms with van der Waals surface area (Å²) in [5.74, 6) is 0. The van der Waals surface area contributed by atoms with Gasteiger partial charge in [-0.25, -0.2) is 0 Å². The minimum atomic E-state index is 0.00959. The van der Waals surface area contributed by atoms with Crippen LogP contribution in [0.1, 0.15) is 30.2 Å². The molecule has 0 aliphatic heterocycles. The van der Waals surface area contributed by atoms with Crippen LogP contribution in [0.3, 0.4) is 0 Å². The third-order valence-electron chi connectivity index (χ3n) is 2.95. The number of aliphatic hydroxyl groups excluding tert-OH is 1. The maximum absolute atomic E-state index is 8.98. The minimum absolute atomic E-state index is 0.00959. The second-order valence-corrected chi connectivity index (χ2v) is 4.40. The molecule has 0 aliphatic carbocycles. The molecule has 0 fully saturated rings. The van der Waals surface area contributed by atoms with E-state index in [0.717, 1.165) is 24.1 Å². The van der Waals surface area contributed by atoms with E-state index >= 15 is 0 Å². The van der Waals surface area contributed by atoms with Crippen molar-refractivity contribution in [3.63, 3.8) is 0 Å². The van der Waals surface area contributed by atoms with E-state index in [4.69, 9.17) is 9.84 Å². The lowest BCUT2D eigenvalue weighted by Gasteiger charge is -2.17. The molecule has 0 radical (unpaired) electrons. The molecule has 1 unspecified atom stereocenters. The molecule has 0 saturated heterocycles. The number of benzene rings is 1. The lowest BCUT2D eigenvalue weighted by atomic mass is 10.1. The number of aromatic nitrogens is 1. The highest BCUT2D eigenvalue weighted by atomic mass is 16.5. The molecule has 1 aromatic carbocycles. The molecule has 2 aromatic rings. The van der Waals surface area contributed by atoms with E-state index in [1.807, 2.05) is 36.4 Å². The second-order valence-electron chi connectivity index (χ2n) is 4.40. The van der Waals surface area contributed by atoms with Crippen molar-refractivity contribution in [1.82, 2.24) is 4.98 Å². The molecule has 19 heavy (non-hydrogen) atoms. The molecule has 1 N–H and O–H groups in total. The molecule has 0 bridgehead atoms. The third-order valence-corrected chi connectivity index (χ3v) is 2.95. The highest BCUT2D eigenvalue weighted by molar-refractivity contribution is 5.17. The van der Waals surface area contributed by atoms with Gasteiger partial charge in [-0.1, -0.05) is 36.4 Å². The van der Waals surface area contributed by atoms with E-state index in [1.165, 1.54) is 0 Å². The lowest BCUT2D eigenvalue weighted by molar-refractivity contribution is 0.0278. The van der Waals surface area contributed by atoms with Gasteiger partial charge in [-0.05, 0) is 30.5 Å². The quantitative estimate of drug-likeness (QED) is 0.828. The normalized spacial score (nSPS) is 12.3. The van der Waals surface area contributed by atoms with Crippen molar-refractivity contribution in [2.24, 2.45) is 0 Å². The number of rotatable bonds is 7. The standard InChI is InChI=1S/C16H19NO2/c18-12-6-10-16(14-7-2-1-3-8-14)19-13-15-9-4-5-11-17-15/h1-5,7-9,11,16,18H,6,10,12-13H2. The predicted octanol–water partition coefficient (Wildman–Crippen LogP) is 3.11. The van der Waals surface area contributed by atoms with Gasteiger partial charge in [-0.3, -0.25) is 4.98 Å². The first-order valence-electron chi connectivity index (χ1n) is 6.57. The largest absolute Gasteiger partial charge is 0.396 e. The molecule has 0 saturated carbocycles. The molecule has 0 aliphatic rings. The summed E-state index contributed by atoms with van der Waals surface area (Å²) in [6.07, 6.45) is 3.33. The topological polar surface area (TPSA) is 42.4 Å². The zero-order valence-electron chi connectivity index (χ0n) is 10.9. The molecule has 1 heterocycles. The van der Waals surface area contributed by atoms with Crippen LogP contribution in [0.15, 0.2) is 54.7 Å². The summed E-state index contributed by atoms with van der Waals surface area (Å²) in [5, 5.41) is 8.98. The summed E-state index contributed by atoms with van der Waals surface area (Å²) in [6, 6.07) is 15.9. The molecule has 3 nitrogen and oxygen atoms in total. The average Bonchev–Trinajstić information content (AvgIpc) is 2.49. The van der Waals surface area contributed by atoms with Gasteiger partial charge >= 0.3 is 0 Å². The Balaban J connectivity index is 1.98. The van der Waals surface area contributed by atoms with Gasteiger partial charge in [0.2, 0.25) is 0 Å². The van der Waals surface area contributed by atoms with Crippen LogP contribution in [0.5, 0.6) is 0 Å². The van der Waals surface area contributed by atoms with Gasteiger partial charge in [0.1, 0.15) is 0 Å². The van der Waals surface area contributed by atoms with Crippen molar-refractivity contribution in [2.45, 2.75) is 25.6 Å². The molecular formula is C16H19NO2. The molecule has 3 heteroatoms. The fourth-order valence-electron chi connectivity index (χ4n) is 1.96. The first-order chi connectivity index (χ1) is 9.40. The van der Waals surface area contributed by atoms with Gasteiger partial charge in [0.05, 0.1) is 18.4 Å². The average molecular weight is 257 g/mol. The summed E-state index contributed by atoms with van der Waals surface area (Å²) in [4.78, 5) is 4.25. The Bertz CT molecular complexity index is 459. The van der Waals surface area contributed by atoms with E-state index in [1.54, 1.807) is 6.20 Å². The smallest absolute Gasteiger partial charge is 0.0896 e. The van der Waals surface area contributed by atoms with E-state index in [-0.39, 0.29) is 12.7 Å². The van der Waals surface area contributed by atoms with Crippen LogP contribution in [0.25, 0.3) is 0 Å². The zero-order chi connectivity index (χ0) is 13.3. The van der Waals surface area contributed by atoms with Crippen molar-refractivity contribution in [3.05, 3.63) is 66.0 Å². The van der Waals surface area contributed by atoms with E-state index < -0.39 is 0 Å². The van der Waals surface area contributed by atoms with Gasteiger partial charge in [0.25, 0.3) is 0 Å². The molecule has 1 aromatic heterocycles. The Hall–Kier alpha value is -1.71. The number of hydrogen-bond acceptors (Lipinski definition) is 3. The first-order valence-corrected chi connectivity index (χ1v) is 6.57. The summed E-state index contributed by atoms with van der Waals surface area (Å²) < 4.78 is 5.94. The van der Waals surface area contributed by atoms with Crippen molar-refractivity contribution in [3.8, 4) is 0 Å². The third kappa shape index (κ3) is 4.47. The van der Waals surface area contributed by atoms with Crippen LogP contribution in [0.4, 0.5) is 0 Å². The molecule has 0 spiro atoms. The van der Waals surface area contributed by atoms with Crippen molar-refractivity contribution < 1.29 is 9.84 Å². The van der Waals surface area contributed by atoms with Crippen LogP contribution in [-0.2, 0) is 11.3 Å². The van der Waals surface area contributed by atoms with Crippen LogP contribution in [0.2, 0.25) is 0 Å². The van der Waals surface area contributed by atoms with Gasteiger partial charge in [0.15, 0.2) is 0 Å². The maximum atomic E-state index is 8.98. The van der Waals surface area contributed by atoms with E-state index in [0.29, 0.717) is 6.61 Å². The van der Waals surface area contributed by atoms with Crippen molar-refractivity contribution in [1.29, 1.82) is 0 Å². The number of hydrogen-bond donors (Lipinski definition) is 1. The summed E-state index contributed by atoms with van der Waals surface area (Å²) in [7, 11) is 0. The fraction of sp³-hybridized carbons (Fsp3) is 0.312. The van der Waals surface area contributed by atoms with Crippen LogP contribution in [0, 0.1) is 0 Å². The molecule has 0 amide bonds. The Morgan fingerprint density at radius 1 is 1.05 bits per heavy atom. The summed E-state index contributed by atoms with van der Waals surface area (Å²) in [5.41, 5.74) is 2.07. The summed E-state index contributed by atoms with van der Waals surface area (Å²) >= 11 is 0. The van der Waals surface area contributed by atoms with Gasteiger partial charge in [-0.2, -0.15) is 0 Å². The van der Waals surface area contributed by atoms with Crippen LogP contribution in [-0.4, -0.2) is 16.7 Å². The van der Waals surface area contributed by atoms with E-state index in [2.05, 4.69) is 17.1 Å². The van der Waals surface area contributed by atoms with Crippen molar-refractivity contribution in [2.75, 3.05) is 6.61 Å². The molecule has 100 valence electrons. The predicted molar refractivity (Wildman–Crippen MR) is 74.5 cm³/mol. The zero-order valence-corrected chi connectivity index (χ0v) is 10.9. The monoisotopic (exact) mass is 257 g/mol. The van der Waals surface area contributed by atoms with Gasteiger partial charge in [-0.15, -0.1) is 0 Å². The number of ether oxygens (including phenoxy) is 1. The van der Waals surface area contributed by atoms with Gasteiger partial charge < -0.3 is 9.84 Å². The molecule has 1 atom stereocenters. The lowest BCUT2D eigenvalue weighted by Crippen LogP contribution is -2.06. The Kier molecular flexibility index (Phi) is 5.53. The maximum Gasteiger partial charge on any atom is 0.0896 e. The van der Waals surface area contributed by atoms with Crippen molar-refractivity contribution >= 4 is 0 Å². The highest BCUT2D eigenvalue weighted by Crippen LogP contribution is 2.23. The molecule has 2 rings (SSSR count). The second kappa shape index (κ2) is 7.67. The first kappa shape index (κ1) is 13.7. The highest BCUT2D eigenvalue weighted by Gasteiger charge is 2.11. The van der Waals surface area contributed by atoms with E-state index in [9.17, 15) is 0 Å². The van der Waals surface area contributed by atoms with Crippen LogP contribution < -0.4 is 0 Å². The Morgan fingerprint density at radius 3 is 2.53 bits per heavy atom.